The topological polar surface area (TPSA) is 90.5 Å². The molecule has 1 saturated heterocycles. The van der Waals surface area contributed by atoms with Gasteiger partial charge in [0.1, 0.15) is 11.6 Å². The van der Waals surface area contributed by atoms with Crippen molar-refractivity contribution in [1.29, 1.82) is 5.26 Å². The van der Waals surface area contributed by atoms with E-state index in [1.165, 1.54) is 0 Å². The van der Waals surface area contributed by atoms with E-state index < -0.39 is 11.4 Å². The fourth-order valence-corrected chi connectivity index (χ4v) is 4.57. The quantitative estimate of drug-likeness (QED) is 0.428. The van der Waals surface area contributed by atoms with Crippen LogP contribution in [0.4, 0.5) is 0 Å². The van der Waals surface area contributed by atoms with Gasteiger partial charge in [-0.2, -0.15) is 5.26 Å². The summed E-state index contributed by atoms with van der Waals surface area (Å²) in [5.74, 6) is -0.443. The van der Waals surface area contributed by atoms with Crippen LogP contribution in [-0.2, 0) is 16.6 Å². The number of aliphatic hydroxyl groups is 1. The van der Waals surface area contributed by atoms with E-state index in [4.69, 9.17) is 4.74 Å². The molecule has 0 spiro atoms. The van der Waals surface area contributed by atoms with Crippen molar-refractivity contribution in [2.75, 3.05) is 32.9 Å². The predicted octanol–water partition coefficient (Wildman–Crippen LogP) is 2.69. The number of hydrogen-bond donors (Lipinski definition) is 2. The van der Waals surface area contributed by atoms with E-state index in [1.807, 2.05) is 44.5 Å². The molecule has 0 unspecified atom stereocenters. The highest BCUT2D eigenvalue weighted by Gasteiger charge is 2.24. The smallest absolute Gasteiger partial charge is 0.262 e. The van der Waals surface area contributed by atoms with Gasteiger partial charge in [0.25, 0.3) is 5.91 Å². The van der Waals surface area contributed by atoms with Crippen LogP contribution in [0.5, 0.6) is 0 Å². The zero-order valence-corrected chi connectivity index (χ0v) is 22.6. The first kappa shape index (κ1) is 28.0. The molecule has 1 aromatic carbocycles. The molecule has 2 N–H and O–H groups in total. The Hall–Kier alpha value is -3.60. The summed E-state index contributed by atoms with van der Waals surface area (Å²) in [5, 5.41) is 23.9. The normalized spacial score (nSPS) is 15.9. The average molecular weight is 503 g/mol. The monoisotopic (exact) mass is 502 g/mol. The standard InChI is InChI=1S/C30H38N4O3/c1-7-25(34-13-16-37-17-14-34)19-23-8-9-24(18-21(23)2)28-11-10-27(33(28)6)22(3)26(20-31)29(36)32-30(4,5)12-15-35/h7-11,18-19,35H,2,12-17H2,1,3-6H3,(H,32,36)/b23-19-,25-7?,26-22+. The van der Waals surface area contributed by atoms with Gasteiger partial charge < -0.3 is 24.6 Å². The van der Waals surface area contributed by atoms with Crippen molar-refractivity contribution in [3.8, 4) is 17.3 Å². The third-order valence-electron chi connectivity index (χ3n) is 6.82. The molecule has 2 heterocycles. The van der Waals surface area contributed by atoms with Gasteiger partial charge in [0, 0.05) is 49.4 Å². The number of nitriles is 1. The van der Waals surface area contributed by atoms with E-state index in [9.17, 15) is 15.2 Å². The van der Waals surface area contributed by atoms with Gasteiger partial charge in [-0.05, 0) is 80.0 Å². The summed E-state index contributed by atoms with van der Waals surface area (Å²) in [7, 11) is 1.93. The summed E-state index contributed by atoms with van der Waals surface area (Å²) in [5.41, 5.74) is 3.94. The lowest BCUT2D eigenvalue weighted by Gasteiger charge is -2.29. The van der Waals surface area contributed by atoms with Crippen LogP contribution >= 0.6 is 0 Å². The molecule has 7 heteroatoms. The van der Waals surface area contributed by atoms with E-state index >= 15 is 0 Å². The summed E-state index contributed by atoms with van der Waals surface area (Å²) in [6.07, 6.45) is 4.68. The first-order valence-electron chi connectivity index (χ1n) is 12.6. The minimum Gasteiger partial charge on any atom is -0.396 e. The number of amides is 1. The summed E-state index contributed by atoms with van der Waals surface area (Å²) in [4.78, 5) is 15.2. The van der Waals surface area contributed by atoms with E-state index in [0.29, 0.717) is 12.0 Å². The minimum absolute atomic E-state index is 0.0485. The maximum Gasteiger partial charge on any atom is 0.262 e. The van der Waals surface area contributed by atoms with Crippen LogP contribution in [-0.4, -0.2) is 58.9 Å². The van der Waals surface area contributed by atoms with Crippen LogP contribution in [0.1, 0.15) is 39.8 Å². The fourth-order valence-electron chi connectivity index (χ4n) is 4.57. The Balaban J connectivity index is 1.92. The molecule has 1 aliphatic heterocycles. The molecule has 1 aliphatic rings. The molecule has 0 atom stereocenters. The van der Waals surface area contributed by atoms with Gasteiger partial charge in [-0.1, -0.05) is 24.8 Å². The maximum absolute atomic E-state index is 12.9. The van der Waals surface area contributed by atoms with Gasteiger partial charge in [0.15, 0.2) is 0 Å². The van der Waals surface area contributed by atoms with Gasteiger partial charge in [0.2, 0.25) is 0 Å². The van der Waals surface area contributed by atoms with Crippen molar-refractivity contribution in [3.05, 3.63) is 63.8 Å². The van der Waals surface area contributed by atoms with Gasteiger partial charge in [0.05, 0.1) is 13.2 Å². The summed E-state index contributed by atoms with van der Waals surface area (Å²) in [6, 6.07) is 12.2. The lowest BCUT2D eigenvalue weighted by Crippen LogP contribution is -2.44. The first-order chi connectivity index (χ1) is 17.6. The van der Waals surface area contributed by atoms with Crippen molar-refractivity contribution < 1.29 is 14.6 Å². The summed E-state index contributed by atoms with van der Waals surface area (Å²) < 4.78 is 7.47. The Morgan fingerprint density at radius 2 is 1.97 bits per heavy atom. The number of hydrogen-bond acceptors (Lipinski definition) is 5. The van der Waals surface area contributed by atoms with Crippen molar-refractivity contribution in [1.82, 2.24) is 14.8 Å². The Labute approximate surface area is 219 Å². The number of carbonyl (C=O) groups is 1. The number of carbonyl (C=O) groups excluding carboxylic acids is 1. The van der Waals surface area contributed by atoms with Gasteiger partial charge in [-0.15, -0.1) is 0 Å². The number of nitrogens with zero attached hydrogens (tertiary/aromatic N) is 3. The highest BCUT2D eigenvalue weighted by Crippen LogP contribution is 2.26. The second-order valence-corrected chi connectivity index (χ2v) is 9.96. The third-order valence-corrected chi connectivity index (χ3v) is 6.82. The van der Waals surface area contributed by atoms with Crippen LogP contribution in [0.3, 0.4) is 0 Å². The van der Waals surface area contributed by atoms with Gasteiger partial charge in [-0.25, -0.2) is 0 Å². The Morgan fingerprint density at radius 3 is 2.57 bits per heavy atom. The second kappa shape index (κ2) is 12.1. The maximum atomic E-state index is 12.9. The number of morpholine rings is 1. The Kier molecular flexibility index (Phi) is 9.14. The van der Waals surface area contributed by atoms with Crippen LogP contribution in [0, 0.1) is 11.3 Å². The highest BCUT2D eigenvalue weighted by molar-refractivity contribution is 6.04. The number of ether oxygens (including phenoxy) is 1. The number of aromatic nitrogens is 1. The third kappa shape index (κ3) is 6.59. The SMILES string of the molecule is C=c1cc(-c2ccc(/C(C)=C(\C#N)C(=O)NC(C)(C)CCO)n2C)cc/c1=C/C(=CC)N1CCOCC1. The minimum atomic E-state index is -0.620. The van der Waals surface area contributed by atoms with Crippen molar-refractivity contribution in [3.63, 3.8) is 0 Å². The first-order valence-corrected chi connectivity index (χ1v) is 12.6. The molecule has 2 aromatic rings. The molecule has 37 heavy (non-hydrogen) atoms. The van der Waals surface area contributed by atoms with Crippen molar-refractivity contribution >= 4 is 24.1 Å². The van der Waals surface area contributed by atoms with Crippen LogP contribution in [0.15, 0.2) is 47.7 Å². The molecule has 0 bridgehead atoms. The summed E-state index contributed by atoms with van der Waals surface area (Å²) >= 11 is 0. The van der Waals surface area contributed by atoms with E-state index in [0.717, 1.165) is 59.4 Å². The van der Waals surface area contributed by atoms with Crippen molar-refractivity contribution in [2.24, 2.45) is 7.05 Å². The molecular formula is C30H38N4O3. The highest BCUT2D eigenvalue weighted by atomic mass is 16.5. The molecule has 1 amide bonds. The number of allylic oxidation sites excluding steroid dienone is 3. The molecule has 7 nitrogen and oxygen atoms in total. The molecule has 196 valence electrons. The molecule has 0 aliphatic carbocycles. The van der Waals surface area contributed by atoms with Crippen molar-refractivity contribution in [2.45, 2.75) is 39.7 Å². The van der Waals surface area contributed by atoms with Crippen LogP contribution in [0.25, 0.3) is 29.5 Å². The molecular weight excluding hydrogens is 464 g/mol. The van der Waals surface area contributed by atoms with E-state index in [1.54, 1.807) is 6.92 Å². The Morgan fingerprint density at radius 1 is 1.27 bits per heavy atom. The summed E-state index contributed by atoms with van der Waals surface area (Å²) in [6.45, 7) is 14.9. The molecule has 0 saturated carbocycles. The van der Waals surface area contributed by atoms with Gasteiger partial charge >= 0.3 is 0 Å². The second-order valence-electron chi connectivity index (χ2n) is 9.96. The molecule has 1 fully saturated rings. The molecule has 3 rings (SSSR count). The van der Waals surface area contributed by atoms with E-state index in [-0.39, 0.29) is 12.2 Å². The van der Waals surface area contributed by atoms with Gasteiger partial charge in [-0.3, -0.25) is 4.79 Å². The zero-order valence-electron chi connectivity index (χ0n) is 22.6. The predicted molar refractivity (Wildman–Crippen MR) is 148 cm³/mol. The number of benzene rings is 1. The largest absolute Gasteiger partial charge is 0.396 e. The number of rotatable bonds is 8. The fraction of sp³-hybridized carbons (Fsp3) is 0.400. The Bertz CT molecular complexity index is 1350. The molecule has 1 aromatic heterocycles. The lowest BCUT2D eigenvalue weighted by atomic mass is 9.99. The number of nitrogens with one attached hydrogen (secondary N) is 1. The lowest BCUT2D eigenvalue weighted by molar-refractivity contribution is -0.118. The zero-order chi connectivity index (χ0) is 27.2. The van der Waals surface area contributed by atoms with Crippen LogP contribution in [0.2, 0.25) is 0 Å². The number of aliphatic hydroxyl groups excluding tert-OH is 1. The van der Waals surface area contributed by atoms with Crippen LogP contribution < -0.4 is 15.8 Å². The van der Waals surface area contributed by atoms with E-state index in [2.05, 4.69) is 53.2 Å². The molecule has 0 radical (unpaired) electrons. The average Bonchev–Trinajstić information content (AvgIpc) is 3.25.